The number of fused-ring (bicyclic) bond motifs is 1. The monoisotopic (exact) mass is 190 g/mol. The second-order valence-electron chi connectivity index (χ2n) is 4.32. The number of nitrogens with two attached hydrogens (primary N) is 1. The van der Waals surface area contributed by atoms with E-state index in [9.17, 15) is 0 Å². The lowest BCUT2D eigenvalue weighted by atomic mass is 10.2. The van der Waals surface area contributed by atoms with Gasteiger partial charge < -0.3 is 10.3 Å². The van der Waals surface area contributed by atoms with Gasteiger partial charge in [0, 0.05) is 19.4 Å². The Kier molecular flexibility index (Phi) is 1.27. The Hall–Kier alpha value is -1.29. The van der Waals surface area contributed by atoms with Crippen LogP contribution in [-0.4, -0.2) is 14.0 Å². The smallest absolute Gasteiger partial charge is 0.214 e. The van der Waals surface area contributed by atoms with Gasteiger partial charge in [-0.15, -0.1) is 0 Å². The summed E-state index contributed by atoms with van der Waals surface area (Å²) >= 11 is 0. The highest BCUT2D eigenvalue weighted by Gasteiger charge is 2.42. The Morgan fingerprint density at radius 2 is 2.14 bits per heavy atom. The minimum Gasteiger partial charge on any atom is -0.320 e. The number of imidazole rings is 2. The lowest BCUT2D eigenvalue weighted by molar-refractivity contribution is 0.664. The van der Waals surface area contributed by atoms with Crippen LogP contribution in [0.5, 0.6) is 0 Å². The lowest BCUT2D eigenvalue weighted by Crippen LogP contribution is -2.21. The van der Waals surface area contributed by atoms with Crippen LogP contribution in [0.25, 0.3) is 5.78 Å². The molecule has 0 spiro atoms. The van der Waals surface area contributed by atoms with Gasteiger partial charge in [-0.25, -0.2) is 4.98 Å². The predicted octanol–water partition coefficient (Wildman–Crippen LogP) is 0.929. The fraction of sp³-hybridized carbons (Fsp3) is 0.500. The van der Waals surface area contributed by atoms with Crippen molar-refractivity contribution in [3.63, 3.8) is 0 Å². The molecule has 0 aromatic carbocycles. The molecule has 2 aromatic heterocycles. The molecule has 2 aromatic rings. The lowest BCUT2D eigenvalue weighted by Gasteiger charge is -2.08. The largest absolute Gasteiger partial charge is 0.320 e. The molecule has 1 saturated carbocycles. The number of hydrogen-bond donors (Lipinski definition) is 1. The number of nitrogens with zero attached hydrogens (tertiary/aromatic N) is 3. The first-order chi connectivity index (χ1) is 6.60. The van der Waals surface area contributed by atoms with Gasteiger partial charge >= 0.3 is 0 Å². The molecule has 0 atom stereocenters. The van der Waals surface area contributed by atoms with Crippen LogP contribution in [0.2, 0.25) is 0 Å². The van der Waals surface area contributed by atoms with Gasteiger partial charge in [-0.05, 0) is 19.8 Å². The van der Waals surface area contributed by atoms with E-state index in [1.54, 1.807) is 0 Å². The maximum absolute atomic E-state index is 6.17. The second kappa shape index (κ2) is 2.20. The van der Waals surface area contributed by atoms with Crippen LogP contribution >= 0.6 is 0 Å². The van der Waals surface area contributed by atoms with Crippen molar-refractivity contribution in [2.75, 3.05) is 0 Å². The molecule has 1 aliphatic carbocycles. The fourth-order valence-corrected chi connectivity index (χ4v) is 2.03. The maximum Gasteiger partial charge on any atom is 0.214 e. The van der Waals surface area contributed by atoms with Gasteiger partial charge in [0.05, 0.1) is 16.9 Å². The summed E-state index contributed by atoms with van der Waals surface area (Å²) in [6.45, 7) is 2.00. The molecule has 0 unspecified atom stereocenters. The van der Waals surface area contributed by atoms with Crippen molar-refractivity contribution in [3.8, 4) is 0 Å². The van der Waals surface area contributed by atoms with Crippen LogP contribution in [-0.2, 0) is 12.6 Å². The van der Waals surface area contributed by atoms with Crippen molar-refractivity contribution in [3.05, 3.63) is 23.8 Å². The van der Waals surface area contributed by atoms with E-state index in [-0.39, 0.29) is 5.54 Å². The summed E-state index contributed by atoms with van der Waals surface area (Å²) in [5, 5.41) is 0. The summed E-state index contributed by atoms with van der Waals surface area (Å²) in [5.41, 5.74) is 8.33. The first-order valence-corrected chi connectivity index (χ1v) is 4.90. The molecule has 0 bridgehead atoms. The van der Waals surface area contributed by atoms with E-state index in [4.69, 9.17) is 5.73 Å². The van der Waals surface area contributed by atoms with Crippen molar-refractivity contribution >= 4 is 5.78 Å². The minimum atomic E-state index is -0.0800. The van der Waals surface area contributed by atoms with E-state index in [1.807, 2.05) is 20.2 Å². The Morgan fingerprint density at radius 3 is 2.71 bits per heavy atom. The van der Waals surface area contributed by atoms with Crippen molar-refractivity contribution in [1.29, 1.82) is 0 Å². The maximum atomic E-state index is 6.17. The van der Waals surface area contributed by atoms with Crippen LogP contribution in [0.15, 0.2) is 12.4 Å². The highest BCUT2D eigenvalue weighted by Crippen LogP contribution is 2.42. The van der Waals surface area contributed by atoms with E-state index >= 15 is 0 Å². The van der Waals surface area contributed by atoms with E-state index in [1.165, 1.54) is 5.69 Å². The molecular formula is C10H14N4. The first-order valence-electron chi connectivity index (χ1n) is 4.90. The summed E-state index contributed by atoms with van der Waals surface area (Å²) in [5.74, 6) is 0.981. The molecule has 74 valence electrons. The molecule has 1 aliphatic rings. The van der Waals surface area contributed by atoms with Gasteiger partial charge in [-0.3, -0.25) is 4.40 Å². The van der Waals surface area contributed by atoms with Gasteiger partial charge in [0.25, 0.3) is 0 Å². The van der Waals surface area contributed by atoms with Crippen molar-refractivity contribution in [2.24, 2.45) is 12.8 Å². The summed E-state index contributed by atoms with van der Waals surface area (Å²) in [7, 11) is 2.03. The number of rotatable bonds is 1. The summed E-state index contributed by atoms with van der Waals surface area (Å²) < 4.78 is 4.15. The quantitative estimate of drug-likeness (QED) is 0.727. The summed E-state index contributed by atoms with van der Waals surface area (Å²) in [6, 6.07) is 0. The highest BCUT2D eigenvalue weighted by atomic mass is 15.2. The molecule has 4 heteroatoms. The van der Waals surface area contributed by atoms with E-state index < -0.39 is 0 Å². The molecule has 0 radical (unpaired) electrons. The molecular weight excluding hydrogens is 176 g/mol. The third kappa shape index (κ3) is 0.889. The normalized spacial score (nSPS) is 19.1. The van der Waals surface area contributed by atoms with Crippen LogP contribution in [0.1, 0.15) is 24.2 Å². The minimum absolute atomic E-state index is 0.0800. The Morgan fingerprint density at radius 1 is 1.43 bits per heavy atom. The number of aromatic nitrogens is 3. The topological polar surface area (TPSA) is 48.2 Å². The molecule has 0 aliphatic heterocycles. The third-order valence-electron chi connectivity index (χ3n) is 3.05. The molecule has 3 rings (SSSR count). The van der Waals surface area contributed by atoms with Crippen molar-refractivity contribution < 1.29 is 0 Å². The number of aryl methyl sites for hydroxylation is 2. The first kappa shape index (κ1) is 8.05. The van der Waals surface area contributed by atoms with Gasteiger partial charge in [-0.2, -0.15) is 0 Å². The Labute approximate surface area is 82.3 Å². The molecule has 2 N–H and O–H groups in total. The van der Waals surface area contributed by atoms with Crippen LogP contribution < -0.4 is 5.73 Å². The van der Waals surface area contributed by atoms with Crippen molar-refractivity contribution in [2.45, 2.75) is 25.3 Å². The number of hydrogen-bond acceptors (Lipinski definition) is 2. The average Bonchev–Trinajstić information content (AvgIpc) is 2.63. The SMILES string of the molecule is Cc1cn2cc(C3(N)CC3)n(C)c2n1. The Balaban J connectivity index is 2.27. The van der Waals surface area contributed by atoms with Gasteiger partial charge in [0.2, 0.25) is 5.78 Å². The molecule has 14 heavy (non-hydrogen) atoms. The van der Waals surface area contributed by atoms with E-state index in [0.29, 0.717) is 0 Å². The molecule has 0 amide bonds. The van der Waals surface area contributed by atoms with Crippen molar-refractivity contribution in [1.82, 2.24) is 14.0 Å². The van der Waals surface area contributed by atoms with Gasteiger partial charge in [0.1, 0.15) is 0 Å². The van der Waals surface area contributed by atoms with E-state index in [0.717, 1.165) is 24.3 Å². The standard InChI is InChI=1S/C10H14N4/c1-7-5-14-6-8(10(11)3-4-10)13(2)9(14)12-7/h5-6H,3-4,11H2,1-2H3. The van der Waals surface area contributed by atoms with Gasteiger partial charge in [-0.1, -0.05) is 0 Å². The summed E-state index contributed by atoms with van der Waals surface area (Å²) in [4.78, 5) is 4.44. The van der Waals surface area contributed by atoms with Crippen LogP contribution in [0.3, 0.4) is 0 Å². The Bertz CT molecular complexity index is 501. The molecule has 1 fully saturated rings. The van der Waals surface area contributed by atoms with Crippen LogP contribution in [0, 0.1) is 6.92 Å². The van der Waals surface area contributed by atoms with Gasteiger partial charge in [0.15, 0.2) is 0 Å². The predicted molar refractivity (Wildman–Crippen MR) is 54.0 cm³/mol. The molecule has 0 saturated heterocycles. The average molecular weight is 190 g/mol. The van der Waals surface area contributed by atoms with Crippen LogP contribution in [0.4, 0.5) is 0 Å². The zero-order chi connectivity index (χ0) is 9.92. The zero-order valence-corrected chi connectivity index (χ0v) is 8.49. The zero-order valence-electron chi connectivity index (χ0n) is 8.49. The molecule has 4 nitrogen and oxygen atoms in total. The van der Waals surface area contributed by atoms with E-state index in [2.05, 4.69) is 20.1 Å². The molecule has 2 heterocycles. The summed E-state index contributed by atoms with van der Waals surface area (Å²) in [6.07, 6.45) is 6.31. The fourth-order valence-electron chi connectivity index (χ4n) is 2.03. The second-order valence-corrected chi connectivity index (χ2v) is 4.32. The third-order valence-corrected chi connectivity index (χ3v) is 3.05. The highest BCUT2D eigenvalue weighted by molar-refractivity contribution is 5.39.